The highest BCUT2D eigenvalue weighted by molar-refractivity contribution is 5.81. The largest absolute Gasteiger partial charge is 0.366 e. The van der Waals surface area contributed by atoms with Crippen LogP contribution < -0.4 is 0 Å². The molecule has 1 heterocycles. The van der Waals surface area contributed by atoms with E-state index < -0.39 is 6.10 Å². The van der Waals surface area contributed by atoms with Crippen LogP contribution in [0.2, 0.25) is 0 Å². The summed E-state index contributed by atoms with van der Waals surface area (Å²) >= 11 is 0. The van der Waals surface area contributed by atoms with Gasteiger partial charge in [0.05, 0.1) is 0 Å². The standard InChI is InChI=1S/C15H28N2O2/c1-2-3-4-5-6-7-8-9-10-11-12-13-14-15(18)16-17-19-14/h14H,2-13H2,1H3. The summed E-state index contributed by atoms with van der Waals surface area (Å²) in [4.78, 5) is 16.0. The van der Waals surface area contributed by atoms with Gasteiger partial charge in [0.25, 0.3) is 0 Å². The number of amides is 1. The molecule has 1 aliphatic heterocycles. The lowest BCUT2D eigenvalue weighted by Gasteiger charge is -2.05. The summed E-state index contributed by atoms with van der Waals surface area (Å²) in [5, 5.41) is 6.64. The second-order valence-electron chi connectivity index (χ2n) is 5.44. The summed E-state index contributed by atoms with van der Waals surface area (Å²) in [6, 6.07) is 0. The van der Waals surface area contributed by atoms with Gasteiger partial charge >= 0.3 is 5.91 Å². The Morgan fingerprint density at radius 2 is 1.42 bits per heavy atom. The van der Waals surface area contributed by atoms with Crippen LogP contribution in [0.1, 0.15) is 84.0 Å². The van der Waals surface area contributed by atoms with Gasteiger partial charge in [0.1, 0.15) is 0 Å². The summed E-state index contributed by atoms with van der Waals surface area (Å²) in [6.07, 6.45) is 14.8. The minimum atomic E-state index is -0.390. The molecule has 0 radical (unpaired) electrons. The van der Waals surface area contributed by atoms with E-state index in [9.17, 15) is 4.79 Å². The molecule has 0 aliphatic carbocycles. The molecule has 4 heteroatoms. The molecule has 0 saturated carbocycles. The second kappa shape index (κ2) is 10.9. The van der Waals surface area contributed by atoms with Gasteiger partial charge < -0.3 is 4.84 Å². The molecule has 19 heavy (non-hydrogen) atoms. The van der Waals surface area contributed by atoms with Crippen molar-refractivity contribution in [3.8, 4) is 0 Å². The highest BCUT2D eigenvalue weighted by atomic mass is 16.7. The number of hydrogen-bond donors (Lipinski definition) is 0. The van der Waals surface area contributed by atoms with Crippen LogP contribution in [-0.2, 0) is 9.63 Å². The van der Waals surface area contributed by atoms with Gasteiger partial charge in [-0.2, -0.15) is 0 Å². The van der Waals surface area contributed by atoms with Crippen LogP contribution in [0.3, 0.4) is 0 Å². The van der Waals surface area contributed by atoms with Gasteiger partial charge in [-0.05, 0) is 12.8 Å². The molecule has 1 aliphatic rings. The first-order valence-corrected chi connectivity index (χ1v) is 7.95. The highest BCUT2D eigenvalue weighted by Crippen LogP contribution is 2.16. The zero-order chi connectivity index (χ0) is 13.8. The van der Waals surface area contributed by atoms with Gasteiger partial charge in [0, 0.05) is 5.28 Å². The first kappa shape index (κ1) is 16.1. The summed E-state index contributed by atoms with van der Waals surface area (Å²) in [6.45, 7) is 2.26. The van der Waals surface area contributed by atoms with Gasteiger partial charge in [0.15, 0.2) is 0 Å². The van der Waals surface area contributed by atoms with Crippen molar-refractivity contribution in [3.05, 3.63) is 0 Å². The Morgan fingerprint density at radius 3 is 1.89 bits per heavy atom. The van der Waals surface area contributed by atoms with Crippen LogP contribution >= 0.6 is 0 Å². The van der Waals surface area contributed by atoms with Crippen LogP contribution in [0.5, 0.6) is 0 Å². The fourth-order valence-corrected chi connectivity index (χ4v) is 2.40. The Kier molecular flexibility index (Phi) is 9.29. The maximum absolute atomic E-state index is 11.1. The third-order valence-corrected chi connectivity index (χ3v) is 3.66. The Morgan fingerprint density at radius 1 is 0.895 bits per heavy atom. The average Bonchev–Trinajstić information content (AvgIpc) is 2.82. The number of rotatable bonds is 12. The average molecular weight is 268 g/mol. The topological polar surface area (TPSA) is 51.0 Å². The minimum absolute atomic E-state index is 0.216. The predicted molar refractivity (Wildman–Crippen MR) is 75.8 cm³/mol. The molecule has 0 fully saturated rings. The van der Waals surface area contributed by atoms with Gasteiger partial charge in [-0.1, -0.05) is 76.2 Å². The molecule has 0 aromatic heterocycles. The summed E-state index contributed by atoms with van der Waals surface area (Å²) in [5.74, 6) is -0.216. The molecular formula is C15H28N2O2. The lowest BCUT2D eigenvalue weighted by atomic mass is 10.0. The molecule has 110 valence electrons. The van der Waals surface area contributed by atoms with Crippen molar-refractivity contribution in [2.24, 2.45) is 10.4 Å². The molecule has 1 amide bonds. The van der Waals surface area contributed by atoms with Crippen molar-refractivity contribution < 1.29 is 9.63 Å². The lowest BCUT2D eigenvalue weighted by Crippen LogP contribution is -2.15. The Bertz CT molecular complexity index is 267. The third kappa shape index (κ3) is 7.96. The maximum Gasteiger partial charge on any atom is 0.311 e. The molecule has 0 saturated heterocycles. The van der Waals surface area contributed by atoms with E-state index >= 15 is 0 Å². The zero-order valence-corrected chi connectivity index (χ0v) is 12.3. The molecule has 4 nitrogen and oxygen atoms in total. The van der Waals surface area contributed by atoms with Crippen molar-refractivity contribution >= 4 is 5.91 Å². The minimum Gasteiger partial charge on any atom is -0.366 e. The van der Waals surface area contributed by atoms with Gasteiger partial charge in [-0.25, -0.2) is 0 Å². The van der Waals surface area contributed by atoms with Crippen LogP contribution in [0.25, 0.3) is 0 Å². The van der Waals surface area contributed by atoms with Crippen LogP contribution in [0.4, 0.5) is 0 Å². The fraction of sp³-hybridized carbons (Fsp3) is 0.933. The Labute approximate surface area is 117 Å². The molecule has 0 bridgehead atoms. The first-order valence-electron chi connectivity index (χ1n) is 7.95. The predicted octanol–water partition coefficient (Wildman–Crippen LogP) is 4.98. The third-order valence-electron chi connectivity index (χ3n) is 3.66. The molecule has 1 atom stereocenters. The lowest BCUT2D eigenvalue weighted by molar-refractivity contribution is -0.124. The molecule has 1 rings (SSSR count). The van der Waals surface area contributed by atoms with E-state index in [1.807, 2.05) is 0 Å². The molecule has 0 N–H and O–H groups in total. The van der Waals surface area contributed by atoms with E-state index in [0.717, 1.165) is 12.8 Å². The monoisotopic (exact) mass is 268 g/mol. The molecule has 0 spiro atoms. The summed E-state index contributed by atoms with van der Waals surface area (Å²) in [5.41, 5.74) is 0. The van der Waals surface area contributed by atoms with E-state index in [1.54, 1.807) is 0 Å². The summed E-state index contributed by atoms with van der Waals surface area (Å²) < 4.78 is 0. The number of nitrogens with zero attached hydrogens (tertiary/aromatic N) is 2. The molecule has 0 aromatic carbocycles. The smallest absolute Gasteiger partial charge is 0.311 e. The van der Waals surface area contributed by atoms with Gasteiger partial charge in [0.2, 0.25) is 6.10 Å². The van der Waals surface area contributed by atoms with Crippen LogP contribution in [-0.4, -0.2) is 12.0 Å². The van der Waals surface area contributed by atoms with E-state index in [2.05, 4.69) is 17.3 Å². The normalized spacial score (nSPS) is 17.9. The number of carbonyl (C=O) groups excluding carboxylic acids is 1. The number of hydrogen-bond acceptors (Lipinski definition) is 3. The SMILES string of the molecule is CCCCCCCCCCCCCC1ON=NC1=O. The molecule has 1 unspecified atom stereocenters. The van der Waals surface area contributed by atoms with Crippen molar-refractivity contribution in [2.45, 2.75) is 90.1 Å². The van der Waals surface area contributed by atoms with Gasteiger partial charge in [-0.15, -0.1) is 0 Å². The van der Waals surface area contributed by atoms with Crippen molar-refractivity contribution in [3.63, 3.8) is 0 Å². The van der Waals surface area contributed by atoms with Crippen molar-refractivity contribution in [1.82, 2.24) is 0 Å². The van der Waals surface area contributed by atoms with E-state index in [0.29, 0.717) is 0 Å². The zero-order valence-electron chi connectivity index (χ0n) is 12.3. The molecular weight excluding hydrogens is 240 g/mol. The Balaban J connectivity index is 1.75. The van der Waals surface area contributed by atoms with E-state index in [-0.39, 0.29) is 5.91 Å². The highest BCUT2D eigenvalue weighted by Gasteiger charge is 2.24. The van der Waals surface area contributed by atoms with Crippen LogP contribution in [0.15, 0.2) is 10.4 Å². The summed E-state index contributed by atoms with van der Waals surface area (Å²) in [7, 11) is 0. The fourth-order valence-electron chi connectivity index (χ4n) is 2.40. The first-order chi connectivity index (χ1) is 9.34. The van der Waals surface area contributed by atoms with Crippen LogP contribution in [0, 0.1) is 0 Å². The number of carbonyl (C=O) groups is 1. The van der Waals surface area contributed by atoms with E-state index in [4.69, 9.17) is 4.84 Å². The van der Waals surface area contributed by atoms with Crippen molar-refractivity contribution in [2.75, 3.05) is 0 Å². The van der Waals surface area contributed by atoms with Gasteiger partial charge in [-0.3, -0.25) is 4.79 Å². The maximum atomic E-state index is 11.1. The quantitative estimate of drug-likeness (QED) is 0.469. The Hall–Kier alpha value is -0.930. The van der Waals surface area contributed by atoms with Crippen molar-refractivity contribution in [1.29, 1.82) is 0 Å². The molecule has 0 aromatic rings. The number of unbranched alkanes of at least 4 members (excludes halogenated alkanes) is 10. The van der Waals surface area contributed by atoms with E-state index in [1.165, 1.54) is 64.2 Å². The second-order valence-corrected chi connectivity index (χ2v) is 5.44.